The number of esters is 1. The molecule has 6 nitrogen and oxygen atoms in total. The summed E-state index contributed by atoms with van der Waals surface area (Å²) in [6.07, 6.45) is 0.467. The van der Waals surface area contributed by atoms with Crippen LogP contribution in [0.4, 0.5) is 0 Å². The number of carbonyl (C=O) groups excluding carboxylic acids is 2. The van der Waals surface area contributed by atoms with E-state index in [1.54, 1.807) is 13.8 Å². The number of carbonyl (C=O) groups is 2. The molecule has 0 aliphatic carbocycles. The minimum atomic E-state index is -1.27. The Morgan fingerprint density at radius 2 is 2.06 bits per heavy atom. The Hall–Kier alpha value is -1.14. The van der Waals surface area contributed by atoms with Gasteiger partial charge >= 0.3 is 5.97 Å². The quantitative estimate of drug-likeness (QED) is 0.438. The van der Waals surface area contributed by atoms with E-state index in [9.17, 15) is 9.59 Å². The first-order valence-corrected chi connectivity index (χ1v) is 5.40. The van der Waals surface area contributed by atoms with E-state index < -0.39 is 17.9 Å². The number of nitrogens with two attached hydrogens (primary N) is 1. The van der Waals surface area contributed by atoms with E-state index in [2.05, 4.69) is 4.74 Å². The molecule has 0 rings (SSSR count). The molecule has 0 aromatic rings. The highest BCUT2D eigenvalue weighted by Gasteiger charge is 2.27. The van der Waals surface area contributed by atoms with Crippen LogP contribution in [0, 0.1) is 0 Å². The number of hydrogen-bond donors (Lipinski definition) is 2. The lowest BCUT2D eigenvalue weighted by molar-refractivity contribution is -0.150. The molecule has 1 atom stereocenters. The van der Waals surface area contributed by atoms with Gasteiger partial charge in [-0.15, -0.1) is 0 Å². The summed E-state index contributed by atoms with van der Waals surface area (Å²) in [5.41, 5.74) is 5.47. The number of aliphatic hydroxyl groups excluding tert-OH is 1. The van der Waals surface area contributed by atoms with Crippen molar-refractivity contribution in [3.8, 4) is 0 Å². The summed E-state index contributed by atoms with van der Waals surface area (Å²) in [7, 11) is 0. The summed E-state index contributed by atoms with van der Waals surface area (Å²) >= 11 is 0. The van der Waals surface area contributed by atoms with Crippen LogP contribution in [0.1, 0.15) is 20.3 Å². The molecule has 0 spiro atoms. The molecule has 6 heteroatoms. The lowest BCUT2D eigenvalue weighted by atomic mass is 10.2. The highest BCUT2D eigenvalue weighted by Crippen LogP contribution is 1.97. The molecule has 0 bridgehead atoms. The Morgan fingerprint density at radius 3 is 2.50 bits per heavy atom. The van der Waals surface area contributed by atoms with Crippen molar-refractivity contribution >= 4 is 11.9 Å². The van der Waals surface area contributed by atoms with E-state index in [0.717, 1.165) is 0 Å². The van der Waals surface area contributed by atoms with Crippen LogP contribution >= 0.6 is 0 Å². The van der Waals surface area contributed by atoms with E-state index in [1.165, 1.54) is 4.90 Å². The first-order valence-electron chi connectivity index (χ1n) is 5.40. The first kappa shape index (κ1) is 14.9. The molecule has 0 aromatic heterocycles. The molecule has 16 heavy (non-hydrogen) atoms. The fraction of sp³-hybridized carbons (Fsp3) is 0.800. The first-order chi connectivity index (χ1) is 7.58. The summed E-state index contributed by atoms with van der Waals surface area (Å²) in [6, 6.07) is -1.27. The maximum absolute atomic E-state index is 11.7. The summed E-state index contributed by atoms with van der Waals surface area (Å²) in [5, 5.41) is 8.66. The van der Waals surface area contributed by atoms with E-state index in [4.69, 9.17) is 10.8 Å². The predicted octanol–water partition coefficient (Wildman–Crippen LogP) is -0.892. The lowest BCUT2D eigenvalue weighted by Crippen LogP contribution is -2.49. The zero-order chi connectivity index (χ0) is 12.6. The fourth-order valence-electron chi connectivity index (χ4n) is 1.22. The predicted molar refractivity (Wildman–Crippen MR) is 58.6 cm³/mol. The lowest BCUT2D eigenvalue weighted by Gasteiger charge is -2.23. The summed E-state index contributed by atoms with van der Waals surface area (Å²) < 4.78 is 4.66. The third-order valence-corrected chi connectivity index (χ3v) is 2.09. The van der Waals surface area contributed by atoms with Crippen molar-refractivity contribution < 1.29 is 19.4 Å². The van der Waals surface area contributed by atoms with Gasteiger partial charge in [0.1, 0.15) is 0 Å². The van der Waals surface area contributed by atoms with Gasteiger partial charge in [-0.3, -0.25) is 4.79 Å². The second-order valence-corrected chi connectivity index (χ2v) is 3.22. The molecule has 0 saturated heterocycles. The van der Waals surface area contributed by atoms with Crippen LogP contribution in [0.3, 0.4) is 0 Å². The molecule has 0 aliphatic heterocycles. The van der Waals surface area contributed by atoms with Crippen molar-refractivity contribution in [1.29, 1.82) is 0 Å². The zero-order valence-corrected chi connectivity index (χ0v) is 9.81. The second kappa shape index (κ2) is 8.06. The van der Waals surface area contributed by atoms with Crippen molar-refractivity contribution in [2.45, 2.75) is 26.3 Å². The Balaban J connectivity index is 4.31. The van der Waals surface area contributed by atoms with Crippen LogP contribution in [-0.2, 0) is 14.3 Å². The van der Waals surface area contributed by atoms with E-state index >= 15 is 0 Å². The number of aliphatic hydroxyl groups is 1. The molecule has 0 aromatic carbocycles. The minimum absolute atomic E-state index is 0.00156. The van der Waals surface area contributed by atoms with Crippen molar-refractivity contribution in [2.24, 2.45) is 5.73 Å². The number of rotatable bonds is 7. The van der Waals surface area contributed by atoms with Gasteiger partial charge < -0.3 is 20.5 Å². The molecular weight excluding hydrogens is 212 g/mol. The molecule has 0 saturated carbocycles. The van der Waals surface area contributed by atoms with Gasteiger partial charge in [0.25, 0.3) is 5.91 Å². The summed E-state index contributed by atoms with van der Waals surface area (Å²) in [5.74, 6) is -1.18. The molecule has 1 amide bonds. The van der Waals surface area contributed by atoms with Gasteiger partial charge in [-0.1, -0.05) is 0 Å². The van der Waals surface area contributed by atoms with Gasteiger partial charge in [0, 0.05) is 19.7 Å². The molecule has 0 fully saturated rings. The average Bonchev–Trinajstić information content (AvgIpc) is 2.29. The number of amides is 1. The van der Waals surface area contributed by atoms with Gasteiger partial charge in [-0.25, -0.2) is 4.79 Å². The fourth-order valence-corrected chi connectivity index (χ4v) is 1.22. The largest absolute Gasteiger partial charge is 0.464 e. The number of hydrogen-bond acceptors (Lipinski definition) is 5. The molecular formula is C10H20N2O4. The van der Waals surface area contributed by atoms with E-state index in [-0.39, 0.29) is 13.2 Å². The topological polar surface area (TPSA) is 92.9 Å². The van der Waals surface area contributed by atoms with E-state index in [1.807, 2.05) is 0 Å². The van der Waals surface area contributed by atoms with Crippen LogP contribution in [-0.4, -0.2) is 54.2 Å². The third-order valence-electron chi connectivity index (χ3n) is 2.09. The van der Waals surface area contributed by atoms with Crippen LogP contribution < -0.4 is 5.73 Å². The molecule has 0 heterocycles. The Bertz CT molecular complexity index is 233. The second-order valence-electron chi connectivity index (χ2n) is 3.22. The monoisotopic (exact) mass is 232 g/mol. The normalized spacial score (nSPS) is 12.0. The van der Waals surface area contributed by atoms with Gasteiger partial charge in [0.15, 0.2) is 6.04 Å². The Labute approximate surface area is 95.4 Å². The minimum Gasteiger partial charge on any atom is -0.464 e. The summed E-state index contributed by atoms with van der Waals surface area (Å²) in [4.78, 5) is 24.4. The van der Waals surface area contributed by atoms with Gasteiger partial charge in [0.2, 0.25) is 0 Å². The molecule has 0 radical (unpaired) electrons. The number of likely N-dealkylation sites (N-methyl/N-ethyl adjacent to an activating group) is 1. The Kier molecular flexibility index (Phi) is 7.49. The maximum Gasteiger partial charge on any atom is 0.332 e. The van der Waals surface area contributed by atoms with Crippen molar-refractivity contribution in [3.63, 3.8) is 0 Å². The van der Waals surface area contributed by atoms with Gasteiger partial charge in [-0.05, 0) is 20.3 Å². The molecule has 3 N–H and O–H groups in total. The highest BCUT2D eigenvalue weighted by atomic mass is 16.5. The van der Waals surface area contributed by atoms with Crippen molar-refractivity contribution in [3.05, 3.63) is 0 Å². The summed E-state index contributed by atoms with van der Waals surface area (Å²) in [6.45, 7) is 4.47. The number of nitrogens with zero attached hydrogens (tertiary/aromatic N) is 1. The Morgan fingerprint density at radius 1 is 1.44 bits per heavy atom. The number of ether oxygens (including phenoxy) is 1. The van der Waals surface area contributed by atoms with Crippen LogP contribution in [0.5, 0.6) is 0 Å². The van der Waals surface area contributed by atoms with Crippen LogP contribution in [0.2, 0.25) is 0 Å². The average molecular weight is 232 g/mol. The third kappa shape index (κ3) is 4.59. The molecule has 1 unspecified atom stereocenters. The van der Waals surface area contributed by atoms with Crippen LogP contribution in [0.25, 0.3) is 0 Å². The zero-order valence-electron chi connectivity index (χ0n) is 9.81. The van der Waals surface area contributed by atoms with Crippen molar-refractivity contribution in [2.75, 3.05) is 26.3 Å². The highest BCUT2D eigenvalue weighted by molar-refractivity contribution is 6.01. The molecule has 94 valence electrons. The van der Waals surface area contributed by atoms with Crippen LogP contribution in [0.15, 0.2) is 0 Å². The molecule has 0 aliphatic rings. The smallest absolute Gasteiger partial charge is 0.332 e. The van der Waals surface area contributed by atoms with Crippen molar-refractivity contribution in [1.82, 2.24) is 4.90 Å². The van der Waals surface area contributed by atoms with Gasteiger partial charge in [-0.2, -0.15) is 0 Å². The standard InChI is InChI=1S/C10H20N2O4/c1-3-12(6-5-7-13)9(14)8(11)10(15)16-4-2/h8,13H,3-7,11H2,1-2H3. The SMILES string of the molecule is CCOC(=O)C(N)C(=O)N(CC)CCCO. The van der Waals surface area contributed by atoms with E-state index in [0.29, 0.717) is 19.5 Å². The van der Waals surface area contributed by atoms with Gasteiger partial charge in [0.05, 0.1) is 6.61 Å². The maximum atomic E-state index is 11.7.